The number of rotatable bonds is 3. The van der Waals surface area contributed by atoms with Crippen molar-refractivity contribution in [1.82, 2.24) is 4.98 Å². The molecule has 0 unspecified atom stereocenters. The molecule has 0 bridgehead atoms. The van der Waals surface area contributed by atoms with Crippen LogP contribution in [0.1, 0.15) is 6.92 Å². The normalized spacial score (nSPS) is 11.6. The highest BCUT2D eigenvalue weighted by atomic mass is 35.7. The quantitative estimate of drug-likeness (QED) is 0.606. The van der Waals surface area contributed by atoms with Gasteiger partial charge in [0.1, 0.15) is 0 Å². The summed E-state index contributed by atoms with van der Waals surface area (Å²) in [4.78, 5) is 3.11. The van der Waals surface area contributed by atoms with Crippen LogP contribution >= 0.6 is 22.2 Å². The van der Waals surface area contributed by atoms with E-state index in [-0.39, 0.29) is 0 Å². The molecule has 1 N–H and O–H groups in total. The lowest BCUT2D eigenvalue weighted by Gasteiger charge is -2.16. The maximum Gasteiger partial charge on any atom is 0.354 e. The van der Waals surface area contributed by atoms with E-state index >= 15 is 0 Å². The number of nitrogens with one attached hydrogen (secondary N) is 1. The first-order valence-electron chi connectivity index (χ1n) is 3.85. The van der Waals surface area contributed by atoms with Gasteiger partial charge in [0.25, 0.3) is 0 Å². The summed E-state index contributed by atoms with van der Waals surface area (Å²) in [6.07, 6.45) is 0. The number of benzene rings is 1. The molecule has 4 heteroatoms. The third kappa shape index (κ3) is 2.49. The van der Waals surface area contributed by atoms with Gasteiger partial charge in [-0.3, -0.25) is 0 Å². The van der Waals surface area contributed by atoms with Crippen molar-refractivity contribution in [2.24, 2.45) is 0 Å². The molecule has 0 radical (unpaired) electrons. The molecule has 0 atom stereocenters. The van der Waals surface area contributed by atoms with Crippen molar-refractivity contribution in [2.75, 3.05) is 6.54 Å². The van der Waals surface area contributed by atoms with Gasteiger partial charge in [-0.15, -0.1) is 22.2 Å². The maximum absolute atomic E-state index is 6.15. The van der Waals surface area contributed by atoms with Crippen molar-refractivity contribution < 1.29 is 0 Å². The molecule has 0 fully saturated rings. The third-order valence-corrected chi connectivity index (χ3v) is 5.50. The van der Waals surface area contributed by atoms with Crippen molar-refractivity contribution in [2.45, 2.75) is 6.92 Å². The first-order valence-corrected chi connectivity index (χ1v) is 7.87. The van der Waals surface area contributed by atoms with E-state index in [4.69, 9.17) is 22.2 Å². The van der Waals surface area contributed by atoms with Gasteiger partial charge in [0.15, 0.2) is 0 Å². The zero-order valence-electron chi connectivity index (χ0n) is 6.85. The third-order valence-electron chi connectivity index (χ3n) is 1.54. The van der Waals surface area contributed by atoms with E-state index in [1.807, 2.05) is 37.3 Å². The van der Waals surface area contributed by atoms with Gasteiger partial charge in [0.2, 0.25) is 0 Å². The van der Waals surface area contributed by atoms with Crippen LogP contribution in [-0.4, -0.2) is 13.4 Å². The SMILES string of the molecule is CCN[Si](Cl)(Cl)c1ccccc1. The molecule has 0 aromatic heterocycles. The van der Waals surface area contributed by atoms with E-state index in [9.17, 15) is 0 Å². The first kappa shape index (κ1) is 10.1. The Morgan fingerprint density at radius 1 is 1.25 bits per heavy atom. The Labute approximate surface area is 83.2 Å². The summed E-state index contributed by atoms with van der Waals surface area (Å²) in [5.74, 6) is 0. The summed E-state index contributed by atoms with van der Waals surface area (Å²) >= 11 is 12.3. The van der Waals surface area contributed by atoms with Crippen molar-refractivity contribution in [1.29, 1.82) is 0 Å². The second-order valence-corrected chi connectivity index (χ2v) is 8.53. The van der Waals surface area contributed by atoms with Crippen LogP contribution in [0.4, 0.5) is 0 Å². The maximum atomic E-state index is 6.15. The van der Waals surface area contributed by atoms with Crippen LogP contribution in [0.15, 0.2) is 30.3 Å². The van der Waals surface area contributed by atoms with Crippen LogP contribution in [0.2, 0.25) is 0 Å². The molecule has 0 amide bonds. The second kappa shape index (κ2) is 4.28. The van der Waals surface area contributed by atoms with Crippen LogP contribution in [0, 0.1) is 0 Å². The van der Waals surface area contributed by atoms with Crippen molar-refractivity contribution in [3.05, 3.63) is 30.3 Å². The van der Waals surface area contributed by atoms with Crippen LogP contribution in [0.25, 0.3) is 0 Å². The molecule has 12 heavy (non-hydrogen) atoms. The molecule has 0 aliphatic carbocycles. The van der Waals surface area contributed by atoms with E-state index in [0.29, 0.717) is 0 Å². The largest absolute Gasteiger partial charge is 0.354 e. The predicted octanol–water partition coefficient (Wildman–Crippen LogP) is 1.92. The molecular formula is C8H11Cl2NSi. The molecule has 1 aromatic rings. The standard InChI is InChI=1S/C8H11Cl2NSi/c1-2-11-12(9,10)8-6-4-3-5-7-8/h3-7,11H,2H2,1H3. The molecule has 0 heterocycles. The van der Waals surface area contributed by atoms with E-state index in [2.05, 4.69) is 4.98 Å². The molecule has 1 rings (SSSR count). The highest BCUT2D eigenvalue weighted by Crippen LogP contribution is 2.10. The van der Waals surface area contributed by atoms with Crippen molar-refractivity contribution in [3.63, 3.8) is 0 Å². The molecule has 0 spiro atoms. The minimum Gasteiger partial charge on any atom is -0.310 e. The van der Waals surface area contributed by atoms with Gasteiger partial charge in [-0.1, -0.05) is 37.3 Å². The lowest BCUT2D eigenvalue weighted by atomic mass is 10.4. The minimum atomic E-state index is -2.38. The summed E-state index contributed by atoms with van der Waals surface area (Å²) in [7, 11) is 0. The van der Waals surface area contributed by atoms with Crippen LogP contribution in [0.5, 0.6) is 0 Å². The highest BCUT2D eigenvalue weighted by Gasteiger charge is 2.29. The summed E-state index contributed by atoms with van der Waals surface area (Å²) in [5.41, 5.74) is 0. The Bertz CT molecular complexity index is 238. The Morgan fingerprint density at radius 2 is 1.83 bits per heavy atom. The molecule has 1 nitrogen and oxygen atoms in total. The highest BCUT2D eigenvalue weighted by molar-refractivity contribution is 7.49. The number of hydrogen-bond acceptors (Lipinski definition) is 1. The van der Waals surface area contributed by atoms with Gasteiger partial charge in [0.05, 0.1) is 0 Å². The fourth-order valence-electron chi connectivity index (χ4n) is 0.972. The first-order chi connectivity index (χ1) is 5.67. The summed E-state index contributed by atoms with van der Waals surface area (Å²) in [6.45, 7) is 0.410. The fourth-order valence-corrected chi connectivity index (χ4v) is 3.79. The van der Waals surface area contributed by atoms with E-state index in [1.165, 1.54) is 0 Å². The van der Waals surface area contributed by atoms with Crippen LogP contribution in [0.3, 0.4) is 0 Å². The van der Waals surface area contributed by atoms with E-state index in [1.54, 1.807) is 0 Å². The van der Waals surface area contributed by atoms with Gasteiger partial charge in [-0.25, -0.2) is 0 Å². The van der Waals surface area contributed by atoms with E-state index in [0.717, 1.165) is 11.7 Å². The van der Waals surface area contributed by atoms with Crippen LogP contribution in [-0.2, 0) is 0 Å². The van der Waals surface area contributed by atoms with Crippen LogP contribution < -0.4 is 10.2 Å². The lowest BCUT2D eigenvalue weighted by Crippen LogP contribution is -2.50. The Hall–Kier alpha value is -0.0231. The molecule has 1 aromatic carbocycles. The van der Waals surface area contributed by atoms with Crippen molar-refractivity contribution >= 4 is 34.2 Å². The zero-order valence-corrected chi connectivity index (χ0v) is 9.36. The van der Waals surface area contributed by atoms with Gasteiger partial charge in [-0.2, -0.15) is 0 Å². The molecule has 0 saturated carbocycles. The van der Waals surface area contributed by atoms with Gasteiger partial charge < -0.3 is 4.98 Å². The lowest BCUT2D eigenvalue weighted by molar-refractivity contribution is 1.00. The average Bonchev–Trinajstić information content (AvgIpc) is 2.06. The van der Waals surface area contributed by atoms with Gasteiger partial charge in [-0.05, 0) is 11.7 Å². The summed E-state index contributed by atoms with van der Waals surface area (Å²) in [6, 6.07) is 9.75. The molecule has 0 aliphatic rings. The van der Waals surface area contributed by atoms with Gasteiger partial charge in [0, 0.05) is 0 Å². The molecule has 0 saturated heterocycles. The average molecular weight is 220 g/mol. The Kier molecular flexibility index (Phi) is 3.59. The Morgan fingerprint density at radius 3 is 2.33 bits per heavy atom. The summed E-state index contributed by atoms with van der Waals surface area (Å²) < 4.78 is 0. The van der Waals surface area contributed by atoms with Crippen molar-refractivity contribution in [3.8, 4) is 0 Å². The monoisotopic (exact) mass is 219 g/mol. The zero-order chi connectivity index (χ0) is 9.03. The Balaban J connectivity index is 2.82. The summed E-state index contributed by atoms with van der Waals surface area (Å²) in [5, 5.41) is 1.01. The smallest absolute Gasteiger partial charge is 0.310 e. The molecule has 66 valence electrons. The number of hydrogen-bond donors (Lipinski definition) is 1. The van der Waals surface area contributed by atoms with Gasteiger partial charge >= 0.3 is 6.86 Å². The fraction of sp³-hybridized carbons (Fsp3) is 0.250. The second-order valence-electron chi connectivity index (χ2n) is 2.47. The molecular weight excluding hydrogens is 209 g/mol. The topological polar surface area (TPSA) is 12.0 Å². The molecule has 0 aliphatic heterocycles. The van der Waals surface area contributed by atoms with E-state index < -0.39 is 6.86 Å². The predicted molar refractivity (Wildman–Crippen MR) is 57.2 cm³/mol. The number of halogens is 2. The minimum absolute atomic E-state index is 0.800.